The minimum atomic E-state index is 0.00363. The quantitative estimate of drug-likeness (QED) is 0.924. The summed E-state index contributed by atoms with van der Waals surface area (Å²) in [5.41, 5.74) is 2.64. The Morgan fingerprint density at radius 1 is 1.14 bits per heavy atom. The van der Waals surface area contributed by atoms with E-state index in [2.05, 4.69) is 71.1 Å². The van der Waals surface area contributed by atoms with Crippen LogP contribution in [0.25, 0.3) is 0 Å². The average molecular weight is 288 g/mol. The highest BCUT2D eigenvalue weighted by Gasteiger charge is 2.35. The maximum Gasteiger partial charge on any atom is 0.238 e. The predicted molar refractivity (Wildman–Crippen MR) is 87.0 cm³/mol. The number of benzene rings is 1. The number of carbonyl (C=O) groups excluding carboxylic acids is 1. The third kappa shape index (κ3) is 3.29. The van der Waals surface area contributed by atoms with Crippen molar-refractivity contribution >= 4 is 5.91 Å². The number of nitrogens with one attached hydrogen (secondary N) is 1. The lowest BCUT2D eigenvalue weighted by Crippen LogP contribution is -2.40. The third-order valence-corrected chi connectivity index (χ3v) is 4.51. The van der Waals surface area contributed by atoms with Gasteiger partial charge in [-0.1, -0.05) is 58.9 Å². The predicted octanol–water partition coefficient (Wildman–Crippen LogP) is 3.46. The number of nitrogens with zero attached hydrogens (tertiary/aromatic N) is 1. The minimum Gasteiger partial charge on any atom is -0.319 e. The largest absolute Gasteiger partial charge is 0.319 e. The SMILES string of the molecule is CC(C)C(C)N1C(=O)CNC1c1ccc(C(C)(C)C)cc1. The summed E-state index contributed by atoms with van der Waals surface area (Å²) in [6, 6.07) is 8.89. The fourth-order valence-corrected chi connectivity index (χ4v) is 2.74. The molecule has 2 unspecified atom stereocenters. The van der Waals surface area contributed by atoms with Gasteiger partial charge in [0.2, 0.25) is 5.91 Å². The molecule has 1 saturated heterocycles. The van der Waals surface area contributed by atoms with Gasteiger partial charge in [-0.15, -0.1) is 0 Å². The van der Waals surface area contributed by atoms with Crippen molar-refractivity contribution in [2.75, 3.05) is 6.54 Å². The Morgan fingerprint density at radius 3 is 2.19 bits per heavy atom. The highest BCUT2D eigenvalue weighted by atomic mass is 16.2. The lowest BCUT2D eigenvalue weighted by Gasteiger charge is -2.33. The van der Waals surface area contributed by atoms with E-state index in [1.54, 1.807) is 0 Å². The van der Waals surface area contributed by atoms with E-state index < -0.39 is 0 Å². The summed E-state index contributed by atoms with van der Waals surface area (Å²) in [6.45, 7) is 13.5. The summed E-state index contributed by atoms with van der Waals surface area (Å²) in [5, 5.41) is 3.34. The Bertz CT molecular complexity index is 499. The second kappa shape index (κ2) is 5.80. The zero-order chi connectivity index (χ0) is 15.8. The second-order valence-corrected chi connectivity index (χ2v) is 7.44. The van der Waals surface area contributed by atoms with Crippen LogP contribution in [0.15, 0.2) is 24.3 Å². The van der Waals surface area contributed by atoms with Gasteiger partial charge in [-0.2, -0.15) is 0 Å². The van der Waals surface area contributed by atoms with E-state index >= 15 is 0 Å². The summed E-state index contributed by atoms with van der Waals surface area (Å²) in [6.07, 6.45) is 0.00363. The van der Waals surface area contributed by atoms with Gasteiger partial charge in [0.25, 0.3) is 0 Å². The zero-order valence-corrected chi connectivity index (χ0v) is 14.1. The molecule has 0 spiro atoms. The number of amides is 1. The van der Waals surface area contributed by atoms with Gasteiger partial charge in [-0.3, -0.25) is 10.1 Å². The van der Waals surface area contributed by atoms with Gasteiger partial charge in [0.15, 0.2) is 0 Å². The Labute approximate surface area is 128 Å². The summed E-state index contributed by atoms with van der Waals surface area (Å²) in [7, 11) is 0. The molecule has 1 aromatic rings. The molecule has 116 valence electrons. The van der Waals surface area contributed by atoms with Crippen LogP contribution in [0.1, 0.15) is 58.8 Å². The van der Waals surface area contributed by atoms with Crippen LogP contribution in [0, 0.1) is 5.92 Å². The molecule has 0 bridgehead atoms. The van der Waals surface area contributed by atoms with Gasteiger partial charge in [-0.25, -0.2) is 0 Å². The molecule has 21 heavy (non-hydrogen) atoms. The van der Waals surface area contributed by atoms with Gasteiger partial charge < -0.3 is 4.90 Å². The van der Waals surface area contributed by atoms with E-state index in [9.17, 15) is 4.79 Å². The van der Waals surface area contributed by atoms with E-state index in [0.717, 1.165) is 0 Å². The monoisotopic (exact) mass is 288 g/mol. The molecule has 3 heteroatoms. The first-order chi connectivity index (χ1) is 9.71. The maximum absolute atomic E-state index is 12.2. The van der Waals surface area contributed by atoms with E-state index in [1.165, 1.54) is 11.1 Å². The van der Waals surface area contributed by atoms with Crippen molar-refractivity contribution in [1.29, 1.82) is 0 Å². The zero-order valence-electron chi connectivity index (χ0n) is 14.1. The first kappa shape index (κ1) is 16.0. The molecule has 0 radical (unpaired) electrons. The van der Waals surface area contributed by atoms with Gasteiger partial charge in [-0.05, 0) is 29.4 Å². The first-order valence-corrected chi connectivity index (χ1v) is 7.87. The van der Waals surface area contributed by atoms with Crippen LogP contribution in [0.4, 0.5) is 0 Å². The second-order valence-electron chi connectivity index (χ2n) is 7.44. The van der Waals surface area contributed by atoms with Crippen molar-refractivity contribution in [3.63, 3.8) is 0 Å². The van der Waals surface area contributed by atoms with Crippen molar-refractivity contribution in [3.05, 3.63) is 35.4 Å². The molecule has 0 aromatic heterocycles. The van der Waals surface area contributed by atoms with Gasteiger partial charge in [0, 0.05) is 6.04 Å². The summed E-state index contributed by atoms with van der Waals surface area (Å²) >= 11 is 0. The lowest BCUT2D eigenvalue weighted by molar-refractivity contribution is -0.130. The lowest BCUT2D eigenvalue weighted by atomic mass is 9.86. The van der Waals surface area contributed by atoms with Crippen LogP contribution in [-0.4, -0.2) is 23.4 Å². The van der Waals surface area contributed by atoms with Crippen LogP contribution < -0.4 is 5.32 Å². The smallest absolute Gasteiger partial charge is 0.238 e. The standard InChI is InChI=1S/C18H28N2O/c1-12(2)13(3)20-16(21)11-19-17(20)14-7-9-15(10-8-14)18(4,5)6/h7-10,12-13,17,19H,11H2,1-6H3. The molecule has 1 heterocycles. The molecule has 2 rings (SSSR count). The van der Waals surface area contributed by atoms with Crippen molar-refractivity contribution in [1.82, 2.24) is 10.2 Å². The Kier molecular flexibility index (Phi) is 4.43. The highest BCUT2D eigenvalue weighted by molar-refractivity contribution is 5.81. The fourth-order valence-electron chi connectivity index (χ4n) is 2.74. The van der Waals surface area contributed by atoms with Crippen LogP contribution in [-0.2, 0) is 10.2 Å². The van der Waals surface area contributed by atoms with Crippen molar-refractivity contribution < 1.29 is 4.79 Å². The number of hydrogen-bond acceptors (Lipinski definition) is 2. The van der Waals surface area contributed by atoms with Crippen LogP contribution >= 0.6 is 0 Å². The Hall–Kier alpha value is -1.35. The van der Waals surface area contributed by atoms with Crippen LogP contribution in [0.5, 0.6) is 0 Å². The van der Waals surface area contributed by atoms with Crippen LogP contribution in [0.3, 0.4) is 0 Å². The highest BCUT2D eigenvalue weighted by Crippen LogP contribution is 2.29. The average Bonchev–Trinajstić information content (AvgIpc) is 2.78. The number of hydrogen-bond donors (Lipinski definition) is 1. The minimum absolute atomic E-state index is 0.00363. The van der Waals surface area contributed by atoms with Gasteiger partial charge in [0.05, 0.1) is 6.54 Å². The molecular weight excluding hydrogens is 260 g/mol. The van der Waals surface area contributed by atoms with E-state index in [-0.39, 0.29) is 23.5 Å². The van der Waals surface area contributed by atoms with Gasteiger partial charge >= 0.3 is 0 Å². The van der Waals surface area contributed by atoms with Crippen LogP contribution in [0.2, 0.25) is 0 Å². The van der Waals surface area contributed by atoms with Crippen molar-refractivity contribution in [2.24, 2.45) is 5.92 Å². The molecule has 3 nitrogen and oxygen atoms in total. The van der Waals surface area contributed by atoms with Gasteiger partial charge in [0.1, 0.15) is 6.17 Å². The number of rotatable bonds is 3. The topological polar surface area (TPSA) is 32.3 Å². The van der Waals surface area contributed by atoms with E-state index in [4.69, 9.17) is 0 Å². The molecule has 1 aliphatic heterocycles. The first-order valence-electron chi connectivity index (χ1n) is 7.87. The van der Waals surface area contributed by atoms with Crippen molar-refractivity contribution in [2.45, 2.75) is 59.2 Å². The van der Waals surface area contributed by atoms with E-state index in [0.29, 0.717) is 12.5 Å². The molecule has 1 aliphatic rings. The third-order valence-electron chi connectivity index (χ3n) is 4.51. The summed E-state index contributed by atoms with van der Waals surface area (Å²) in [4.78, 5) is 14.2. The normalized spacial score (nSPS) is 21.2. The van der Waals surface area contributed by atoms with Crippen molar-refractivity contribution in [3.8, 4) is 0 Å². The Balaban J connectivity index is 2.26. The molecule has 2 atom stereocenters. The maximum atomic E-state index is 12.2. The Morgan fingerprint density at radius 2 is 1.71 bits per heavy atom. The molecule has 1 aromatic carbocycles. The molecular formula is C18H28N2O. The summed E-state index contributed by atoms with van der Waals surface area (Å²) in [5.74, 6) is 0.645. The summed E-state index contributed by atoms with van der Waals surface area (Å²) < 4.78 is 0. The van der Waals surface area contributed by atoms with E-state index in [1.807, 2.05) is 4.90 Å². The molecule has 1 amide bonds. The fraction of sp³-hybridized carbons (Fsp3) is 0.611. The molecule has 0 aliphatic carbocycles. The number of carbonyl (C=O) groups is 1. The molecule has 0 saturated carbocycles. The molecule has 1 N–H and O–H groups in total. The molecule has 1 fully saturated rings.